The summed E-state index contributed by atoms with van der Waals surface area (Å²) in [5, 5.41) is 11.8. The predicted molar refractivity (Wildman–Crippen MR) is 162 cm³/mol. The lowest BCUT2D eigenvalue weighted by atomic mass is 9.98. The lowest BCUT2D eigenvalue weighted by Gasteiger charge is -2.33. The van der Waals surface area contributed by atoms with Gasteiger partial charge in [0.25, 0.3) is 5.91 Å². The summed E-state index contributed by atoms with van der Waals surface area (Å²) in [7, 11) is 0. The zero-order chi connectivity index (χ0) is 30.2. The molecule has 2 N–H and O–H groups in total. The van der Waals surface area contributed by atoms with E-state index in [9.17, 15) is 14.4 Å². The number of amides is 2. The van der Waals surface area contributed by atoms with Gasteiger partial charge in [0, 0.05) is 37.3 Å². The lowest BCUT2D eigenvalue weighted by molar-refractivity contribution is 0.0696. The van der Waals surface area contributed by atoms with Gasteiger partial charge in [-0.1, -0.05) is 18.6 Å². The van der Waals surface area contributed by atoms with Gasteiger partial charge in [0.2, 0.25) is 5.88 Å². The number of hydrogen-bond acceptors (Lipinski definition) is 7. The zero-order valence-electron chi connectivity index (χ0n) is 24.4. The van der Waals surface area contributed by atoms with Crippen molar-refractivity contribution in [2.24, 2.45) is 5.92 Å². The highest BCUT2D eigenvalue weighted by Crippen LogP contribution is 2.22. The number of piperidine rings is 2. The van der Waals surface area contributed by atoms with Gasteiger partial charge in [-0.25, -0.2) is 14.6 Å². The maximum Gasteiger partial charge on any atom is 0.416 e. The maximum absolute atomic E-state index is 12.8. The van der Waals surface area contributed by atoms with Crippen molar-refractivity contribution >= 4 is 23.7 Å². The van der Waals surface area contributed by atoms with Gasteiger partial charge in [-0.05, 0) is 93.1 Å². The number of pyridine rings is 1. The van der Waals surface area contributed by atoms with Crippen LogP contribution in [0.4, 0.5) is 10.5 Å². The van der Waals surface area contributed by atoms with E-state index in [1.165, 1.54) is 43.2 Å². The summed E-state index contributed by atoms with van der Waals surface area (Å²) in [6, 6.07) is 17.8. The Kier molecular flexibility index (Phi) is 9.88. The molecule has 1 atom stereocenters. The largest absolute Gasteiger partial charge is 0.493 e. The van der Waals surface area contributed by atoms with E-state index in [0.29, 0.717) is 42.7 Å². The Hall–Kier alpha value is -4.44. The lowest BCUT2D eigenvalue weighted by Crippen LogP contribution is -2.41. The summed E-state index contributed by atoms with van der Waals surface area (Å²) in [5.41, 5.74) is 2.48. The molecule has 2 amide bonds. The normalized spacial score (nSPS) is 17.7. The molecule has 0 saturated carbocycles. The van der Waals surface area contributed by atoms with Crippen molar-refractivity contribution in [3.05, 3.63) is 83.6 Å². The van der Waals surface area contributed by atoms with Crippen molar-refractivity contribution in [1.29, 1.82) is 0 Å². The van der Waals surface area contributed by atoms with Crippen LogP contribution >= 0.6 is 0 Å². The first-order chi connectivity index (χ1) is 20.8. The molecule has 10 nitrogen and oxygen atoms in total. The number of hydrogen-bond donors (Lipinski definition) is 2. The fraction of sp³-hybridized carbons (Fsp3) is 0.394. The van der Waals surface area contributed by atoms with Crippen molar-refractivity contribution in [3.63, 3.8) is 0 Å². The molecule has 0 aliphatic carbocycles. The molecule has 2 aliphatic rings. The summed E-state index contributed by atoms with van der Waals surface area (Å²) in [5.74, 6) is -0.145. The Balaban J connectivity index is 1.03. The number of carboxylic acids is 1. The summed E-state index contributed by atoms with van der Waals surface area (Å²) in [6.45, 7) is 5.85. The number of benzene rings is 2. The van der Waals surface area contributed by atoms with Crippen molar-refractivity contribution in [2.45, 2.75) is 51.6 Å². The van der Waals surface area contributed by atoms with Crippen molar-refractivity contribution < 1.29 is 29.0 Å². The average molecular weight is 587 g/mol. The van der Waals surface area contributed by atoms with E-state index in [2.05, 4.69) is 22.1 Å². The van der Waals surface area contributed by atoms with E-state index in [1.807, 2.05) is 24.3 Å². The molecule has 0 radical (unpaired) electrons. The first-order valence-electron chi connectivity index (χ1n) is 14.9. The number of ether oxygens (including phenoxy) is 2. The summed E-state index contributed by atoms with van der Waals surface area (Å²) < 4.78 is 11.3. The number of anilines is 1. The molecule has 5 rings (SSSR count). The van der Waals surface area contributed by atoms with Crippen molar-refractivity contribution in [2.75, 3.05) is 31.6 Å². The molecule has 43 heavy (non-hydrogen) atoms. The molecular weight excluding hydrogens is 548 g/mol. The zero-order valence-corrected chi connectivity index (χ0v) is 24.4. The van der Waals surface area contributed by atoms with Crippen LogP contribution in [0.3, 0.4) is 0 Å². The third-order valence-corrected chi connectivity index (χ3v) is 8.19. The number of rotatable bonds is 9. The van der Waals surface area contributed by atoms with Crippen molar-refractivity contribution in [1.82, 2.24) is 14.8 Å². The van der Waals surface area contributed by atoms with Gasteiger partial charge in [0.1, 0.15) is 5.75 Å². The van der Waals surface area contributed by atoms with E-state index < -0.39 is 12.1 Å². The minimum Gasteiger partial charge on any atom is -0.493 e. The van der Waals surface area contributed by atoms with E-state index in [-0.39, 0.29) is 23.3 Å². The quantitative estimate of drug-likeness (QED) is 0.328. The molecule has 0 spiro atoms. The first kappa shape index (κ1) is 30.0. The standard InChI is InChI=1S/C33H38N4O6/c1-23-4-2-3-17-37(23)21-24-5-7-26(8-6-24)31(38)35-28-11-14-30(34-20-28)43-33(41)36-18-15-25(16-19-36)22-42-29-12-9-27(10-13-29)32(39)40/h5-14,20,23,25H,2-4,15-19,21-22H2,1H3,(H,35,38)(H,39,40). The SMILES string of the molecule is CC1CCCCN1Cc1ccc(C(=O)Nc2ccc(OC(=O)N3CCC(COc4ccc(C(=O)O)cc4)CC3)nc2)cc1. The molecule has 1 aromatic heterocycles. The molecule has 2 saturated heterocycles. The fourth-order valence-corrected chi connectivity index (χ4v) is 5.45. The van der Waals surface area contributed by atoms with E-state index in [4.69, 9.17) is 14.6 Å². The Bertz CT molecular complexity index is 1390. The van der Waals surface area contributed by atoms with Crippen molar-refractivity contribution in [3.8, 4) is 11.6 Å². The Morgan fingerprint density at radius 1 is 0.907 bits per heavy atom. The number of carbonyl (C=O) groups is 3. The van der Waals surface area contributed by atoms with Gasteiger partial charge in [-0.3, -0.25) is 9.69 Å². The van der Waals surface area contributed by atoms with Gasteiger partial charge in [0.15, 0.2) is 0 Å². The van der Waals surface area contributed by atoms with Crippen LogP contribution in [-0.2, 0) is 6.54 Å². The number of nitrogens with zero attached hydrogens (tertiary/aromatic N) is 3. The second-order valence-corrected chi connectivity index (χ2v) is 11.3. The number of aromatic carboxylic acids is 1. The molecule has 1 unspecified atom stereocenters. The highest BCUT2D eigenvalue weighted by Gasteiger charge is 2.25. The molecule has 226 valence electrons. The third kappa shape index (κ3) is 8.32. The molecule has 2 fully saturated rings. The smallest absolute Gasteiger partial charge is 0.416 e. The molecular formula is C33H38N4O6. The van der Waals surface area contributed by atoms with Crippen LogP contribution in [0.1, 0.15) is 65.3 Å². The van der Waals surface area contributed by atoms with Crippen LogP contribution in [0.5, 0.6) is 11.6 Å². The van der Waals surface area contributed by atoms with Gasteiger partial charge in [-0.15, -0.1) is 0 Å². The summed E-state index contributed by atoms with van der Waals surface area (Å²) in [6.07, 6.45) is 6.30. The minimum atomic E-state index is -0.974. The average Bonchev–Trinajstić information content (AvgIpc) is 3.03. The molecule has 2 aromatic carbocycles. The van der Waals surface area contributed by atoms with Crippen LogP contribution in [0, 0.1) is 5.92 Å². The van der Waals surface area contributed by atoms with E-state index in [1.54, 1.807) is 29.2 Å². The number of aromatic nitrogens is 1. The molecule has 3 aromatic rings. The maximum atomic E-state index is 12.8. The second-order valence-electron chi connectivity index (χ2n) is 11.3. The predicted octanol–water partition coefficient (Wildman–Crippen LogP) is 5.70. The number of carboxylic acid groups (broad SMARTS) is 1. The topological polar surface area (TPSA) is 121 Å². The Labute approximate surface area is 251 Å². The third-order valence-electron chi connectivity index (χ3n) is 8.19. The molecule has 0 bridgehead atoms. The molecule has 10 heteroatoms. The van der Waals surface area contributed by atoms with E-state index in [0.717, 1.165) is 25.9 Å². The van der Waals surface area contributed by atoms with Gasteiger partial charge in [0.05, 0.1) is 24.1 Å². The van der Waals surface area contributed by atoms with Gasteiger partial charge < -0.3 is 24.8 Å². The number of nitrogens with one attached hydrogen (secondary N) is 1. The van der Waals surface area contributed by atoms with Crippen LogP contribution < -0.4 is 14.8 Å². The summed E-state index contributed by atoms with van der Waals surface area (Å²) >= 11 is 0. The number of likely N-dealkylation sites (tertiary alicyclic amines) is 2. The van der Waals surface area contributed by atoms with Crippen LogP contribution in [0.2, 0.25) is 0 Å². The highest BCUT2D eigenvalue weighted by molar-refractivity contribution is 6.04. The Morgan fingerprint density at radius 3 is 2.28 bits per heavy atom. The second kappa shape index (κ2) is 14.2. The van der Waals surface area contributed by atoms with Crippen LogP contribution in [0.15, 0.2) is 66.9 Å². The minimum absolute atomic E-state index is 0.162. The fourth-order valence-electron chi connectivity index (χ4n) is 5.45. The summed E-state index contributed by atoms with van der Waals surface area (Å²) in [4.78, 5) is 44.7. The number of carbonyl (C=O) groups excluding carboxylic acids is 2. The monoisotopic (exact) mass is 586 g/mol. The van der Waals surface area contributed by atoms with E-state index >= 15 is 0 Å². The Morgan fingerprint density at radius 2 is 1.63 bits per heavy atom. The van der Waals surface area contributed by atoms with Crippen LogP contribution in [0.25, 0.3) is 0 Å². The highest BCUT2D eigenvalue weighted by atomic mass is 16.6. The van der Waals surface area contributed by atoms with Gasteiger partial charge in [-0.2, -0.15) is 0 Å². The first-order valence-corrected chi connectivity index (χ1v) is 14.9. The molecule has 2 aliphatic heterocycles. The molecule has 3 heterocycles. The van der Waals surface area contributed by atoms with Crippen LogP contribution in [-0.4, -0.2) is 70.1 Å². The van der Waals surface area contributed by atoms with Gasteiger partial charge >= 0.3 is 12.1 Å².